The van der Waals surface area contributed by atoms with E-state index >= 15 is 0 Å². The predicted molar refractivity (Wildman–Crippen MR) is 159 cm³/mol. The summed E-state index contributed by atoms with van der Waals surface area (Å²) >= 11 is 16.0. The first-order chi connectivity index (χ1) is 19.4. The first-order valence-corrected chi connectivity index (χ1v) is 15.9. The minimum absolute atomic E-state index is 0.0880. The number of fused-ring (bicyclic) bond motifs is 1. The molecule has 0 unspecified atom stereocenters. The quantitative estimate of drug-likeness (QED) is 0.323. The zero-order chi connectivity index (χ0) is 29.5. The Bertz CT molecular complexity index is 1570. The molecule has 0 saturated carbocycles. The molecular weight excluding hydrogens is 657 g/mol. The molecule has 14 heteroatoms. The van der Waals surface area contributed by atoms with Crippen LogP contribution in [0.3, 0.4) is 0 Å². The number of sulfonamides is 1. The van der Waals surface area contributed by atoms with Gasteiger partial charge in [-0.3, -0.25) is 19.1 Å². The van der Waals surface area contributed by atoms with Gasteiger partial charge in [0.1, 0.15) is 5.54 Å². The Morgan fingerprint density at radius 1 is 1.07 bits per heavy atom. The van der Waals surface area contributed by atoms with Crippen LogP contribution in [-0.2, 0) is 36.3 Å². The number of anilines is 2. The molecule has 2 aliphatic rings. The highest BCUT2D eigenvalue weighted by atomic mass is 79.9. The van der Waals surface area contributed by atoms with Crippen LogP contribution in [0.25, 0.3) is 0 Å². The van der Waals surface area contributed by atoms with Crippen molar-refractivity contribution in [2.24, 2.45) is 0 Å². The van der Waals surface area contributed by atoms with E-state index in [1.807, 2.05) is 29.2 Å². The van der Waals surface area contributed by atoms with E-state index in [4.69, 9.17) is 27.9 Å². The van der Waals surface area contributed by atoms with Crippen molar-refractivity contribution in [3.63, 3.8) is 0 Å². The third kappa shape index (κ3) is 5.78. The lowest BCUT2D eigenvalue weighted by Gasteiger charge is -2.34. The second-order valence-electron chi connectivity index (χ2n) is 10.1. The van der Waals surface area contributed by atoms with E-state index in [9.17, 15) is 18.0 Å². The van der Waals surface area contributed by atoms with Crippen LogP contribution in [0.4, 0.5) is 11.6 Å². The highest BCUT2D eigenvalue weighted by molar-refractivity contribution is 9.10. The number of nitrogens with zero attached hydrogens (tertiary/aromatic N) is 5. The SMILES string of the molecule is CCOC(=O)CN1CCN(S(=O)(=O)c2cnc3n2[C@](C)(Cc2ccc(Br)cc2)C(=O)N3c2cc(Cl)cc(Cl)c2)CC1. The van der Waals surface area contributed by atoms with E-state index < -0.39 is 15.6 Å². The summed E-state index contributed by atoms with van der Waals surface area (Å²) in [7, 11) is -4.07. The number of amides is 1. The number of aromatic nitrogens is 2. The van der Waals surface area contributed by atoms with Crippen LogP contribution < -0.4 is 4.90 Å². The summed E-state index contributed by atoms with van der Waals surface area (Å²) in [5, 5.41) is 0.567. The largest absolute Gasteiger partial charge is 0.465 e. The fourth-order valence-electron chi connectivity index (χ4n) is 5.26. The van der Waals surface area contributed by atoms with Crippen LogP contribution in [-0.4, -0.2) is 78.4 Å². The van der Waals surface area contributed by atoms with Crippen molar-refractivity contribution in [2.45, 2.75) is 30.8 Å². The van der Waals surface area contributed by atoms with Crippen LogP contribution in [0.1, 0.15) is 19.4 Å². The van der Waals surface area contributed by atoms with Gasteiger partial charge in [0.15, 0.2) is 5.03 Å². The average Bonchev–Trinajstić information content (AvgIpc) is 3.44. The van der Waals surface area contributed by atoms with Crippen LogP contribution in [0, 0.1) is 0 Å². The van der Waals surface area contributed by atoms with Crippen LogP contribution in [0.2, 0.25) is 10.0 Å². The summed E-state index contributed by atoms with van der Waals surface area (Å²) in [5.74, 6) is -0.550. The first-order valence-electron chi connectivity index (χ1n) is 13.0. The Labute approximate surface area is 257 Å². The van der Waals surface area contributed by atoms with E-state index in [1.165, 1.54) is 20.0 Å². The maximum absolute atomic E-state index is 14.2. The van der Waals surface area contributed by atoms with E-state index in [-0.39, 0.29) is 55.5 Å². The number of carbonyl (C=O) groups excluding carboxylic acids is 2. The van der Waals surface area contributed by atoms with Gasteiger partial charge in [0, 0.05) is 47.1 Å². The third-order valence-corrected chi connectivity index (χ3v) is 10.1. The first kappa shape index (κ1) is 30.0. The second kappa shape index (κ2) is 11.7. The number of hydrogen-bond donors (Lipinski definition) is 0. The Kier molecular flexibility index (Phi) is 8.53. The fraction of sp³-hybridized carbons (Fsp3) is 0.370. The summed E-state index contributed by atoms with van der Waals surface area (Å²) in [6.07, 6.45) is 1.50. The van der Waals surface area contributed by atoms with Crippen molar-refractivity contribution in [3.05, 3.63) is 68.7 Å². The molecule has 0 bridgehead atoms. The van der Waals surface area contributed by atoms with Gasteiger partial charge in [0.05, 0.1) is 25.0 Å². The maximum atomic E-state index is 14.2. The van der Waals surface area contributed by atoms with Gasteiger partial charge in [0.2, 0.25) is 5.95 Å². The van der Waals surface area contributed by atoms with Crippen LogP contribution in [0.5, 0.6) is 0 Å². The molecule has 3 heterocycles. The molecule has 0 spiro atoms. The molecule has 0 aliphatic carbocycles. The number of piperazine rings is 1. The molecule has 1 atom stereocenters. The Hall–Kier alpha value is -2.48. The van der Waals surface area contributed by atoms with Crippen molar-refractivity contribution in [1.29, 1.82) is 0 Å². The summed E-state index contributed by atoms with van der Waals surface area (Å²) in [4.78, 5) is 33.8. The standard InChI is InChI=1S/C27H28BrCl2N5O5S/c1-3-40-24(36)17-32-8-10-33(11-9-32)41(38,39)23-16-31-26-34(22-13-20(29)12-21(30)14-22)25(37)27(2,35(23)26)15-18-4-6-19(28)7-5-18/h4-7,12-14,16H,3,8-11,15,17H2,1-2H3/t27-/m1/s1. The molecule has 1 saturated heterocycles. The molecule has 218 valence electrons. The number of ether oxygens (including phenoxy) is 1. The van der Waals surface area contributed by atoms with Crippen molar-refractivity contribution < 1.29 is 22.7 Å². The number of benzene rings is 2. The van der Waals surface area contributed by atoms with Gasteiger partial charge >= 0.3 is 5.97 Å². The van der Waals surface area contributed by atoms with Gasteiger partial charge in [-0.25, -0.2) is 18.3 Å². The summed E-state index contributed by atoms with van der Waals surface area (Å²) in [6, 6.07) is 12.2. The number of imidazole rings is 1. The molecule has 0 radical (unpaired) electrons. The summed E-state index contributed by atoms with van der Waals surface area (Å²) in [6.45, 7) is 4.91. The van der Waals surface area contributed by atoms with Crippen molar-refractivity contribution in [2.75, 3.05) is 44.2 Å². The molecule has 1 aromatic heterocycles. The predicted octanol–water partition coefficient (Wildman–Crippen LogP) is 4.46. The minimum Gasteiger partial charge on any atom is -0.465 e. The lowest BCUT2D eigenvalue weighted by molar-refractivity contribution is -0.144. The number of esters is 1. The zero-order valence-electron chi connectivity index (χ0n) is 22.4. The maximum Gasteiger partial charge on any atom is 0.320 e. The second-order valence-corrected chi connectivity index (χ2v) is 13.7. The van der Waals surface area contributed by atoms with Gasteiger partial charge < -0.3 is 4.74 Å². The summed E-state index contributed by atoms with van der Waals surface area (Å²) < 4.78 is 36.9. The number of halogens is 3. The minimum atomic E-state index is -4.07. The topological polar surface area (TPSA) is 105 Å². The Morgan fingerprint density at radius 3 is 2.32 bits per heavy atom. The van der Waals surface area contributed by atoms with E-state index in [2.05, 4.69) is 20.9 Å². The van der Waals surface area contributed by atoms with Gasteiger partial charge in [-0.1, -0.05) is 51.3 Å². The van der Waals surface area contributed by atoms with Gasteiger partial charge in [0.25, 0.3) is 15.9 Å². The molecule has 1 amide bonds. The number of rotatable bonds is 8. The fourth-order valence-corrected chi connectivity index (χ4v) is 7.65. The van der Waals surface area contributed by atoms with E-state index in [0.29, 0.717) is 28.8 Å². The smallest absolute Gasteiger partial charge is 0.320 e. The normalized spacial score (nSPS) is 19.9. The molecule has 1 fully saturated rings. The van der Waals surface area contributed by atoms with Crippen LogP contribution in [0.15, 0.2) is 58.2 Å². The third-order valence-electron chi connectivity index (χ3n) is 7.23. The number of hydrogen-bond acceptors (Lipinski definition) is 7. The monoisotopic (exact) mass is 683 g/mol. The Balaban J connectivity index is 1.53. The molecular formula is C27H28BrCl2N5O5S. The van der Waals surface area contributed by atoms with Gasteiger partial charge in [-0.2, -0.15) is 4.31 Å². The lowest BCUT2D eigenvalue weighted by Crippen LogP contribution is -2.50. The molecule has 2 aromatic carbocycles. The molecule has 3 aromatic rings. The molecule has 2 aliphatic heterocycles. The van der Waals surface area contributed by atoms with Gasteiger partial charge in [-0.15, -0.1) is 0 Å². The highest BCUT2D eigenvalue weighted by Crippen LogP contribution is 2.45. The van der Waals surface area contributed by atoms with E-state index in [0.717, 1.165) is 10.0 Å². The molecule has 5 rings (SSSR count). The van der Waals surface area contributed by atoms with Gasteiger partial charge in [-0.05, 0) is 49.7 Å². The highest BCUT2D eigenvalue weighted by Gasteiger charge is 2.52. The molecule has 10 nitrogen and oxygen atoms in total. The number of carbonyl (C=O) groups is 2. The van der Waals surface area contributed by atoms with Crippen molar-refractivity contribution >= 4 is 72.7 Å². The molecule has 0 N–H and O–H groups in total. The van der Waals surface area contributed by atoms with Crippen molar-refractivity contribution in [3.8, 4) is 0 Å². The summed E-state index contributed by atoms with van der Waals surface area (Å²) in [5.41, 5.74) is -0.108. The zero-order valence-corrected chi connectivity index (χ0v) is 26.3. The Morgan fingerprint density at radius 2 is 1.71 bits per heavy atom. The van der Waals surface area contributed by atoms with E-state index in [1.54, 1.807) is 32.0 Å². The van der Waals surface area contributed by atoms with Crippen molar-refractivity contribution in [1.82, 2.24) is 18.8 Å². The average molecular weight is 685 g/mol. The lowest BCUT2D eigenvalue weighted by atomic mass is 9.92. The van der Waals surface area contributed by atoms with Crippen LogP contribution >= 0.6 is 39.1 Å². The molecule has 41 heavy (non-hydrogen) atoms.